The molecule has 0 heterocycles. The number of rotatable bonds is 2. The van der Waals surface area contributed by atoms with Crippen LogP contribution in [0.3, 0.4) is 0 Å². The first kappa shape index (κ1) is 8.15. The molecule has 0 aromatic carbocycles. The fourth-order valence-corrected chi connectivity index (χ4v) is 0.523. The van der Waals surface area contributed by atoms with Crippen LogP contribution in [0.2, 0.25) is 0 Å². The molecule has 0 radical (unpaired) electrons. The molecular weight excluding hydrogens is 115 g/mol. The van der Waals surface area contributed by atoms with Crippen LogP contribution < -0.4 is 0 Å². The quantitative estimate of drug-likeness (QED) is 0.499. The maximum Gasteiger partial charge on any atom is 0.122 e. The summed E-state index contributed by atoms with van der Waals surface area (Å²) in [5.41, 5.74) is 0.553. The molecule has 0 aromatic rings. The fourth-order valence-electron chi connectivity index (χ4n) is 0.523. The Morgan fingerprint density at radius 1 is 1.44 bits per heavy atom. The van der Waals surface area contributed by atoms with E-state index >= 15 is 0 Å². The van der Waals surface area contributed by atoms with E-state index < -0.39 is 0 Å². The molecule has 9 heavy (non-hydrogen) atoms. The van der Waals surface area contributed by atoms with Gasteiger partial charge < -0.3 is 0 Å². The molecule has 0 rings (SSSR count). The summed E-state index contributed by atoms with van der Waals surface area (Å²) in [6.45, 7) is 6.78. The molecule has 0 aliphatic rings. The van der Waals surface area contributed by atoms with Crippen molar-refractivity contribution in [2.75, 3.05) is 0 Å². The lowest BCUT2D eigenvalue weighted by Gasteiger charge is -1.91. The molecule has 0 aromatic heterocycles. The monoisotopic (exact) mass is 126 g/mol. The molecule has 0 atom stereocenters. The Morgan fingerprint density at radius 2 is 2.00 bits per heavy atom. The van der Waals surface area contributed by atoms with Crippen molar-refractivity contribution in [1.82, 2.24) is 0 Å². The van der Waals surface area contributed by atoms with Gasteiger partial charge in [-0.15, -0.1) is 0 Å². The molecule has 0 spiro atoms. The molecule has 0 N–H and O–H groups in total. The van der Waals surface area contributed by atoms with E-state index in [0.29, 0.717) is 5.57 Å². The van der Waals surface area contributed by atoms with Crippen LogP contribution in [0, 0.1) is 0 Å². The second kappa shape index (κ2) is 4.07. The number of hydrogen-bond acceptors (Lipinski definition) is 0. The summed E-state index contributed by atoms with van der Waals surface area (Å²) in [5, 5.41) is 0. The smallest absolute Gasteiger partial charge is 0.122 e. The van der Waals surface area contributed by atoms with Crippen LogP contribution in [-0.2, 0) is 0 Å². The van der Waals surface area contributed by atoms with Gasteiger partial charge in [0, 0.05) is 5.57 Å². The van der Waals surface area contributed by atoms with Crippen LogP contribution in [0.15, 0.2) is 36.2 Å². The van der Waals surface area contributed by atoms with Crippen LogP contribution >= 0.6 is 0 Å². The molecular formula is C8H11F. The Balaban J connectivity index is 4.19. The third kappa shape index (κ3) is 2.85. The minimum absolute atomic E-state index is 0.379. The zero-order valence-corrected chi connectivity index (χ0v) is 5.82. The van der Waals surface area contributed by atoms with Crippen LogP contribution in [0.1, 0.15) is 13.8 Å². The lowest BCUT2D eigenvalue weighted by molar-refractivity contribution is 0.661. The van der Waals surface area contributed by atoms with Crippen LogP contribution in [0.5, 0.6) is 0 Å². The molecule has 1 heteroatoms. The summed E-state index contributed by atoms with van der Waals surface area (Å²) in [7, 11) is 0. The number of halogens is 1. The predicted octanol–water partition coefficient (Wildman–Crippen LogP) is 2.99. The number of allylic oxidation sites excluding steroid dienone is 5. The zero-order valence-electron chi connectivity index (χ0n) is 5.82. The van der Waals surface area contributed by atoms with Gasteiger partial charge in [-0.25, -0.2) is 4.39 Å². The van der Waals surface area contributed by atoms with E-state index in [0.717, 1.165) is 0 Å². The number of hydrogen-bond donors (Lipinski definition) is 0. The highest BCUT2D eigenvalue weighted by Crippen LogP contribution is 2.09. The van der Waals surface area contributed by atoms with E-state index in [1.807, 2.05) is 6.92 Å². The largest absolute Gasteiger partial charge is 0.207 e. The summed E-state index contributed by atoms with van der Waals surface area (Å²) in [4.78, 5) is 0. The summed E-state index contributed by atoms with van der Waals surface area (Å²) in [6, 6.07) is 0. The Labute approximate surface area is 55.4 Å². The fraction of sp³-hybridized carbons (Fsp3) is 0.250. The van der Waals surface area contributed by atoms with E-state index in [1.54, 1.807) is 25.2 Å². The highest BCUT2D eigenvalue weighted by molar-refractivity contribution is 5.32. The van der Waals surface area contributed by atoms with Crippen molar-refractivity contribution >= 4 is 0 Å². The highest BCUT2D eigenvalue weighted by atomic mass is 19.1. The van der Waals surface area contributed by atoms with Gasteiger partial charge in [0.1, 0.15) is 5.83 Å². The molecule has 50 valence electrons. The maximum absolute atomic E-state index is 12.2. The third-order valence-corrected chi connectivity index (χ3v) is 0.970. The SMILES string of the molecule is C=C(F)C(=C\C)/C=C/C. The van der Waals surface area contributed by atoms with Gasteiger partial charge in [0.2, 0.25) is 0 Å². The summed E-state index contributed by atoms with van der Waals surface area (Å²) < 4.78 is 12.2. The lowest BCUT2D eigenvalue weighted by atomic mass is 10.2. The summed E-state index contributed by atoms with van der Waals surface area (Å²) in [5.74, 6) is -0.379. The van der Waals surface area contributed by atoms with Crippen molar-refractivity contribution in [3.8, 4) is 0 Å². The maximum atomic E-state index is 12.2. The molecule has 0 saturated carbocycles. The second-order valence-corrected chi connectivity index (χ2v) is 1.65. The molecule has 0 unspecified atom stereocenters. The first-order valence-corrected chi connectivity index (χ1v) is 2.86. The third-order valence-electron chi connectivity index (χ3n) is 0.970. The molecule has 0 bridgehead atoms. The van der Waals surface area contributed by atoms with E-state index in [4.69, 9.17) is 0 Å². The minimum atomic E-state index is -0.379. The van der Waals surface area contributed by atoms with Crippen molar-refractivity contribution in [3.63, 3.8) is 0 Å². The van der Waals surface area contributed by atoms with Crippen LogP contribution in [0.25, 0.3) is 0 Å². The Kier molecular flexibility index (Phi) is 3.69. The van der Waals surface area contributed by atoms with Gasteiger partial charge in [0.05, 0.1) is 0 Å². The average molecular weight is 126 g/mol. The van der Waals surface area contributed by atoms with Crippen molar-refractivity contribution in [2.45, 2.75) is 13.8 Å². The Morgan fingerprint density at radius 3 is 2.11 bits per heavy atom. The van der Waals surface area contributed by atoms with Gasteiger partial charge in [-0.2, -0.15) is 0 Å². The van der Waals surface area contributed by atoms with Gasteiger partial charge in [-0.1, -0.05) is 24.8 Å². The van der Waals surface area contributed by atoms with Gasteiger partial charge in [-0.3, -0.25) is 0 Å². The van der Waals surface area contributed by atoms with Crippen LogP contribution in [-0.4, -0.2) is 0 Å². The normalized spacial score (nSPS) is 12.6. The van der Waals surface area contributed by atoms with Gasteiger partial charge in [0.25, 0.3) is 0 Å². The lowest BCUT2D eigenvalue weighted by Crippen LogP contribution is -1.73. The average Bonchev–Trinajstić information content (AvgIpc) is 1.82. The Hall–Kier alpha value is -0.850. The van der Waals surface area contributed by atoms with E-state index in [9.17, 15) is 4.39 Å². The minimum Gasteiger partial charge on any atom is -0.207 e. The van der Waals surface area contributed by atoms with Gasteiger partial charge in [0.15, 0.2) is 0 Å². The van der Waals surface area contributed by atoms with Gasteiger partial charge in [-0.05, 0) is 13.8 Å². The molecule has 0 nitrogen and oxygen atoms in total. The first-order valence-electron chi connectivity index (χ1n) is 2.86. The Bertz CT molecular complexity index is 152. The summed E-state index contributed by atoms with van der Waals surface area (Å²) >= 11 is 0. The van der Waals surface area contributed by atoms with Crippen molar-refractivity contribution in [1.29, 1.82) is 0 Å². The van der Waals surface area contributed by atoms with E-state index in [2.05, 4.69) is 6.58 Å². The second-order valence-electron chi connectivity index (χ2n) is 1.65. The van der Waals surface area contributed by atoms with E-state index in [1.165, 1.54) is 0 Å². The topological polar surface area (TPSA) is 0 Å². The van der Waals surface area contributed by atoms with E-state index in [-0.39, 0.29) is 5.83 Å². The highest BCUT2D eigenvalue weighted by Gasteiger charge is 1.91. The molecule has 0 saturated heterocycles. The molecule has 0 amide bonds. The summed E-state index contributed by atoms with van der Waals surface area (Å²) in [6.07, 6.45) is 5.14. The van der Waals surface area contributed by atoms with Crippen LogP contribution in [0.4, 0.5) is 4.39 Å². The molecule has 0 aliphatic heterocycles. The van der Waals surface area contributed by atoms with Gasteiger partial charge >= 0.3 is 0 Å². The molecule has 0 fully saturated rings. The van der Waals surface area contributed by atoms with Crippen molar-refractivity contribution in [2.24, 2.45) is 0 Å². The van der Waals surface area contributed by atoms with Crippen molar-refractivity contribution in [3.05, 3.63) is 36.2 Å². The standard InChI is InChI=1S/C8H11F/c1-4-6-8(5-2)7(3)9/h4-6H,3H2,1-2H3/b6-4+,8-5-. The molecule has 0 aliphatic carbocycles. The first-order chi connectivity index (χ1) is 4.22. The predicted molar refractivity (Wildman–Crippen MR) is 38.8 cm³/mol. The zero-order chi connectivity index (χ0) is 7.28. The van der Waals surface area contributed by atoms with Crippen molar-refractivity contribution < 1.29 is 4.39 Å².